The number of likely N-dealkylation sites (tertiary alicyclic amines) is 1. The number of carbonyl (C=O) groups excluding carboxylic acids is 1. The molecule has 34 heavy (non-hydrogen) atoms. The van der Waals surface area contributed by atoms with Crippen molar-refractivity contribution in [1.29, 1.82) is 0 Å². The fraction of sp³-hybridized carbons (Fsp3) is 0.640. The number of carbonyl (C=O) groups is 1. The molecule has 0 aliphatic carbocycles. The van der Waals surface area contributed by atoms with Crippen molar-refractivity contribution in [3.63, 3.8) is 0 Å². The zero-order chi connectivity index (χ0) is 23.5. The van der Waals surface area contributed by atoms with E-state index in [4.69, 9.17) is 9.47 Å². The SMILES string of the molecule is COc1cc2ncnc(N3CCC(N4CCN(CCN5CCCCC5)C4=O)CC3)c2cc1OC. The Balaban J connectivity index is 1.20. The highest BCUT2D eigenvalue weighted by Crippen LogP contribution is 2.35. The fourth-order valence-electron chi connectivity index (χ4n) is 5.60. The van der Waals surface area contributed by atoms with Gasteiger partial charge < -0.3 is 29.1 Å². The standard InChI is InChI=1S/C25H36N6O3/c1-33-22-16-20-21(17-23(22)34-2)26-18-27-24(20)29-10-6-19(7-11-29)31-15-14-30(25(31)32)13-12-28-8-4-3-5-9-28/h16-19H,3-15H2,1-2H3. The van der Waals surface area contributed by atoms with Crippen molar-refractivity contribution in [3.8, 4) is 11.5 Å². The minimum atomic E-state index is 0.222. The van der Waals surface area contributed by atoms with Crippen molar-refractivity contribution in [2.75, 3.05) is 71.5 Å². The predicted molar refractivity (Wildman–Crippen MR) is 132 cm³/mol. The molecule has 9 nitrogen and oxygen atoms in total. The summed E-state index contributed by atoms with van der Waals surface area (Å²) in [5.41, 5.74) is 0.837. The van der Waals surface area contributed by atoms with Gasteiger partial charge in [0.05, 0.1) is 19.7 Å². The molecule has 2 amide bonds. The Morgan fingerprint density at radius 3 is 2.35 bits per heavy atom. The molecule has 184 valence electrons. The lowest BCUT2D eigenvalue weighted by Crippen LogP contribution is -2.47. The molecule has 4 heterocycles. The van der Waals surface area contributed by atoms with E-state index in [1.807, 2.05) is 12.1 Å². The number of benzene rings is 1. The van der Waals surface area contributed by atoms with Gasteiger partial charge in [0.25, 0.3) is 0 Å². The van der Waals surface area contributed by atoms with Crippen molar-refractivity contribution in [1.82, 2.24) is 24.7 Å². The highest BCUT2D eigenvalue weighted by Gasteiger charge is 2.35. The molecule has 0 radical (unpaired) electrons. The van der Waals surface area contributed by atoms with Crippen LogP contribution in [0.2, 0.25) is 0 Å². The summed E-state index contributed by atoms with van der Waals surface area (Å²) in [5, 5.41) is 0.958. The number of aromatic nitrogens is 2. The first kappa shape index (κ1) is 23.0. The van der Waals surface area contributed by atoms with Gasteiger partial charge >= 0.3 is 6.03 Å². The predicted octanol–water partition coefficient (Wildman–Crippen LogP) is 2.84. The average molecular weight is 469 g/mol. The molecule has 3 saturated heterocycles. The van der Waals surface area contributed by atoms with Crippen LogP contribution in [0.1, 0.15) is 32.1 Å². The first-order valence-corrected chi connectivity index (χ1v) is 12.6. The number of piperidine rings is 2. The summed E-state index contributed by atoms with van der Waals surface area (Å²) >= 11 is 0. The zero-order valence-corrected chi connectivity index (χ0v) is 20.4. The van der Waals surface area contributed by atoms with Crippen LogP contribution in [0.5, 0.6) is 11.5 Å². The molecule has 0 spiro atoms. The molecule has 1 aromatic heterocycles. The summed E-state index contributed by atoms with van der Waals surface area (Å²) in [7, 11) is 3.27. The normalized spacial score (nSPS) is 20.4. The molecule has 5 rings (SSSR count). The summed E-state index contributed by atoms with van der Waals surface area (Å²) in [4.78, 5) is 31.1. The zero-order valence-electron chi connectivity index (χ0n) is 20.4. The maximum Gasteiger partial charge on any atom is 0.320 e. The van der Waals surface area contributed by atoms with E-state index in [2.05, 4.69) is 29.6 Å². The van der Waals surface area contributed by atoms with E-state index in [1.165, 1.54) is 32.4 Å². The third-order valence-corrected chi connectivity index (χ3v) is 7.59. The summed E-state index contributed by atoms with van der Waals surface area (Å²) in [6, 6.07) is 4.37. The number of nitrogens with zero attached hydrogens (tertiary/aromatic N) is 6. The van der Waals surface area contributed by atoms with Gasteiger partial charge in [-0.2, -0.15) is 0 Å². The van der Waals surface area contributed by atoms with Crippen LogP contribution in [0.3, 0.4) is 0 Å². The van der Waals surface area contributed by atoms with Crippen LogP contribution < -0.4 is 14.4 Å². The number of amides is 2. The average Bonchev–Trinajstić information content (AvgIpc) is 3.26. The van der Waals surface area contributed by atoms with Crippen LogP contribution in [-0.2, 0) is 0 Å². The molecular weight excluding hydrogens is 432 g/mol. The van der Waals surface area contributed by atoms with E-state index in [0.717, 1.165) is 68.8 Å². The third-order valence-electron chi connectivity index (χ3n) is 7.59. The molecule has 9 heteroatoms. The highest BCUT2D eigenvalue weighted by atomic mass is 16.5. The van der Waals surface area contributed by atoms with Gasteiger partial charge in [-0.3, -0.25) is 0 Å². The summed E-state index contributed by atoms with van der Waals surface area (Å²) in [6.45, 7) is 7.65. The molecule has 0 N–H and O–H groups in total. The van der Waals surface area contributed by atoms with Gasteiger partial charge in [0, 0.05) is 56.8 Å². The number of urea groups is 1. The maximum atomic E-state index is 13.1. The topological polar surface area (TPSA) is 74.3 Å². The molecule has 0 bridgehead atoms. The molecule has 3 aliphatic heterocycles. The molecule has 2 aromatic rings. The van der Waals surface area contributed by atoms with Crippen molar-refractivity contribution in [2.24, 2.45) is 0 Å². The monoisotopic (exact) mass is 468 g/mol. The van der Waals surface area contributed by atoms with Crippen LogP contribution in [0.4, 0.5) is 10.6 Å². The van der Waals surface area contributed by atoms with E-state index < -0.39 is 0 Å². The van der Waals surface area contributed by atoms with Gasteiger partial charge in [0.1, 0.15) is 12.1 Å². The highest BCUT2D eigenvalue weighted by molar-refractivity contribution is 5.92. The van der Waals surface area contributed by atoms with E-state index >= 15 is 0 Å². The Bertz CT molecular complexity index is 1000. The van der Waals surface area contributed by atoms with Crippen LogP contribution in [0.25, 0.3) is 10.9 Å². The van der Waals surface area contributed by atoms with Gasteiger partial charge in [-0.1, -0.05) is 6.42 Å². The number of anilines is 1. The smallest absolute Gasteiger partial charge is 0.320 e. The molecule has 3 fully saturated rings. The Labute approximate surface area is 201 Å². The number of methoxy groups -OCH3 is 2. The number of hydrogen-bond donors (Lipinski definition) is 0. The Morgan fingerprint density at radius 2 is 1.62 bits per heavy atom. The number of rotatable bonds is 7. The molecule has 0 unspecified atom stereocenters. The minimum absolute atomic E-state index is 0.222. The second-order valence-corrected chi connectivity index (χ2v) is 9.51. The van der Waals surface area contributed by atoms with Gasteiger partial charge in [-0.05, 0) is 44.8 Å². The molecule has 0 atom stereocenters. The minimum Gasteiger partial charge on any atom is -0.493 e. The second kappa shape index (κ2) is 10.2. The lowest BCUT2D eigenvalue weighted by atomic mass is 10.0. The Hall–Kier alpha value is -2.81. The third kappa shape index (κ3) is 4.58. The van der Waals surface area contributed by atoms with E-state index in [9.17, 15) is 4.79 Å². The van der Waals surface area contributed by atoms with Crippen molar-refractivity contribution in [2.45, 2.75) is 38.1 Å². The largest absolute Gasteiger partial charge is 0.493 e. The number of hydrogen-bond acceptors (Lipinski definition) is 7. The summed E-state index contributed by atoms with van der Waals surface area (Å²) in [5.74, 6) is 2.25. The molecular formula is C25H36N6O3. The van der Waals surface area contributed by atoms with E-state index in [0.29, 0.717) is 17.5 Å². The van der Waals surface area contributed by atoms with Crippen molar-refractivity contribution < 1.29 is 14.3 Å². The second-order valence-electron chi connectivity index (χ2n) is 9.51. The Morgan fingerprint density at radius 1 is 0.882 bits per heavy atom. The lowest BCUT2D eigenvalue weighted by molar-refractivity contribution is 0.159. The van der Waals surface area contributed by atoms with Gasteiger partial charge in [-0.15, -0.1) is 0 Å². The quantitative estimate of drug-likeness (QED) is 0.619. The first-order chi connectivity index (χ1) is 16.7. The van der Waals surface area contributed by atoms with Crippen LogP contribution >= 0.6 is 0 Å². The van der Waals surface area contributed by atoms with Crippen LogP contribution in [0.15, 0.2) is 18.5 Å². The number of ether oxygens (including phenoxy) is 2. The number of fused-ring (bicyclic) bond motifs is 1. The molecule has 0 saturated carbocycles. The molecule has 1 aromatic carbocycles. The first-order valence-electron chi connectivity index (χ1n) is 12.6. The Kier molecular flexibility index (Phi) is 6.89. The van der Waals surface area contributed by atoms with Crippen LogP contribution in [-0.4, -0.2) is 103 Å². The maximum absolute atomic E-state index is 13.1. The summed E-state index contributed by atoms with van der Waals surface area (Å²) < 4.78 is 10.9. The van der Waals surface area contributed by atoms with E-state index in [-0.39, 0.29) is 6.03 Å². The lowest BCUT2D eigenvalue weighted by Gasteiger charge is -2.37. The van der Waals surface area contributed by atoms with E-state index in [1.54, 1.807) is 20.5 Å². The van der Waals surface area contributed by atoms with Crippen LogP contribution in [0, 0.1) is 0 Å². The van der Waals surface area contributed by atoms with Gasteiger partial charge in [0.2, 0.25) is 0 Å². The van der Waals surface area contributed by atoms with Crippen molar-refractivity contribution in [3.05, 3.63) is 18.5 Å². The van der Waals surface area contributed by atoms with Gasteiger partial charge in [-0.25, -0.2) is 14.8 Å². The summed E-state index contributed by atoms with van der Waals surface area (Å²) in [6.07, 6.45) is 7.44. The van der Waals surface area contributed by atoms with Crippen molar-refractivity contribution >= 4 is 22.8 Å². The fourth-order valence-corrected chi connectivity index (χ4v) is 5.60. The van der Waals surface area contributed by atoms with Gasteiger partial charge in [0.15, 0.2) is 11.5 Å². The molecule has 3 aliphatic rings.